The second kappa shape index (κ2) is 22.5. The minimum atomic E-state index is -1.97. The van der Waals surface area contributed by atoms with Gasteiger partial charge in [0.25, 0.3) is 5.91 Å². The van der Waals surface area contributed by atoms with Crippen molar-refractivity contribution in [2.75, 3.05) is 0 Å². The first-order chi connectivity index (χ1) is 31.0. The number of rotatable bonds is 20. The highest BCUT2D eigenvalue weighted by Crippen LogP contribution is 2.42. The number of halogens is 1. The average Bonchev–Trinajstić information content (AvgIpc) is 3.85. The molecule has 2 saturated carbocycles. The minimum absolute atomic E-state index is 0.0341. The second-order valence-electron chi connectivity index (χ2n) is 16.2. The summed E-state index contributed by atoms with van der Waals surface area (Å²) in [7, 11) is 0. The van der Waals surface area contributed by atoms with Gasteiger partial charge in [-0.25, -0.2) is 19.2 Å². The lowest BCUT2D eigenvalue weighted by atomic mass is 9.81. The number of aromatic nitrogens is 2. The van der Waals surface area contributed by atoms with Gasteiger partial charge in [-0.2, -0.15) is 0 Å². The topological polar surface area (TPSA) is 167 Å². The molecule has 2 fully saturated rings. The lowest BCUT2D eigenvalue weighted by Crippen LogP contribution is -2.65. The molecule has 17 heteroatoms. The number of quaternary nitrogens is 1. The molecule has 3 aromatic carbocycles. The lowest BCUT2D eigenvalue weighted by Gasteiger charge is -2.40. The summed E-state index contributed by atoms with van der Waals surface area (Å²) >= 11 is 1.50. The maximum absolute atomic E-state index is 13.8. The van der Waals surface area contributed by atoms with E-state index in [-0.39, 0.29) is 23.6 Å². The van der Waals surface area contributed by atoms with Crippen LogP contribution in [0.15, 0.2) is 102 Å². The first-order valence-electron chi connectivity index (χ1n) is 21.7. The number of hydrogen-bond donors (Lipinski definition) is 2. The summed E-state index contributed by atoms with van der Waals surface area (Å²) < 4.78 is 31.2. The van der Waals surface area contributed by atoms with Crippen LogP contribution in [0.1, 0.15) is 119 Å². The van der Waals surface area contributed by atoms with E-state index >= 15 is 0 Å². The highest BCUT2D eigenvalue weighted by Gasteiger charge is 2.55. The quantitative estimate of drug-likeness (QED) is 0.0432. The number of carbonyl (C=O) groups is 2. The number of nitrogens with zero attached hydrogens (tertiary/aromatic N) is 6. The number of benzene rings is 3. The van der Waals surface area contributed by atoms with Crippen LogP contribution >= 0.6 is 11.3 Å². The molecular weight excluding hydrogens is 844 g/mol. The number of ether oxygens (including phenoxy) is 3. The van der Waals surface area contributed by atoms with Crippen molar-refractivity contribution >= 4 is 23.2 Å². The first-order valence-corrected chi connectivity index (χ1v) is 22.7. The van der Waals surface area contributed by atoms with E-state index in [4.69, 9.17) is 24.1 Å². The minimum Gasteiger partial charge on any atom is -0.487 e. The molecule has 0 saturated heterocycles. The van der Waals surface area contributed by atoms with E-state index in [1.165, 1.54) is 35.6 Å². The predicted octanol–water partition coefficient (Wildman–Crippen LogP) is 10.5. The van der Waals surface area contributed by atoms with Crippen molar-refractivity contribution in [3.63, 3.8) is 0 Å². The van der Waals surface area contributed by atoms with E-state index in [1.54, 1.807) is 48.0 Å². The number of pyridine rings is 1. The number of carbonyl (C=O) groups excluding carboxylic acids is 2. The maximum atomic E-state index is 13.8. The van der Waals surface area contributed by atoms with Gasteiger partial charge in [0.15, 0.2) is 0 Å². The van der Waals surface area contributed by atoms with Gasteiger partial charge in [-0.15, -0.1) is 16.5 Å². The number of amides is 2. The van der Waals surface area contributed by atoms with Crippen LogP contribution in [0.25, 0.3) is 0 Å². The van der Waals surface area contributed by atoms with E-state index < -0.39 is 28.8 Å². The molecular formula is C47H55FN6O9S+. The zero-order valence-electron chi connectivity index (χ0n) is 36.0. The van der Waals surface area contributed by atoms with Crippen molar-refractivity contribution in [3.8, 4) is 23.1 Å². The molecule has 0 spiro atoms. The Balaban J connectivity index is 1.13. The summed E-state index contributed by atoms with van der Waals surface area (Å²) in [5, 5.41) is 26.0. The van der Waals surface area contributed by atoms with E-state index in [9.17, 15) is 24.4 Å². The third-order valence-electron chi connectivity index (χ3n) is 11.6. The number of thiazole rings is 1. The summed E-state index contributed by atoms with van der Waals surface area (Å²) in [5.74, 6) is -0.230. The van der Waals surface area contributed by atoms with E-state index in [0.717, 1.165) is 81.6 Å². The van der Waals surface area contributed by atoms with Gasteiger partial charge in [0, 0.05) is 18.4 Å². The zero-order valence-corrected chi connectivity index (χ0v) is 36.9. The van der Waals surface area contributed by atoms with E-state index in [2.05, 4.69) is 15.4 Å². The fourth-order valence-corrected chi connectivity index (χ4v) is 8.70. The second-order valence-corrected chi connectivity index (χ2v) is 17.0. The molecule has 2 aliphatic carbocycles. The molecule has 7 rings (SSSR count). The van der Waals surface area contributed by atoms with Gasteiger partial charge in [-0.05, 0) is 107 Å². The Bertz CT molecular complexity index is 2230. The molecule has 2 heterocycles. The smallest absolute Gasteiger partial charge is 0.400 e. The maximum Gasteiger partial charge on any atom is 0.400 e. The standard InChI is InChI=1S/C47H55FN6O9S/c1-33(55)53(57)63-52(54(58,34(2)56)62-51-45(28-35-10-5-3-6-11-35)36-16-22-42(23-17-36)60-30-41-31-64-32-49-41)47(37-12-7-4-8-13-37)38-18-24-43(25-19-38)59-29-40-14-9-15-46(50-40)61-44-26-20-39(48)21-27-44/h9,14-27,31-32,35,37,45,47,57-58H,3-8,10-13,28-30H2,1-2H3/q+1. The molecule has 64 heavy (non-hydrogen) atoms. The summed E-state index contributed by atoms with van der Waals surface area (Å²) in [6, 6.07) is 23.8. The molecule has 1 radical (unpaired) electrons. The molecule has 15 nitrogen and oxygen atoms in total. The third-order valence-corrected chi connectivity index (χ3v) is 12.2. The van der Waals surface area contributed by atoms with Crippen molar-refractivity contribution in [2.45, 2.75) is 110 Å². The van der Waals surface area contributed by atoms with Crippen LogP contribution in [0.3, 0.4) is 0 Å². The van der Waals surface area contributed by atoms with Gasteiger partial charge in [0.2, 0.25) is 5.88 Å². The Morgan fingerprint density at radius 1 is 0.812 bits per heavy atom. The fourth-order valence-electron chi connectivity index (χ4n) is 8.16. The van der Waals surface area contributed by atoms with Gasteiger partial charge in [0.1, 0.15) is 47.2 Å². The van der Waals surface area contributed by atoms with E-state index in [0.29, 0.717) is 66.2 Å². The molecule has 5 aromatic rings. The molecule has 0 aliphatic heterocycles. The summed E-state index contributed by atoms with van der Waals surface area (Å²) in [5.41, 5.74) is 9.11. The molecule has 0 bridgehead atoms. The van der Waals surface area contributed by atoms with Gasteiger partial charge < -0.3 is 14.2 Å². The highest BCUT2D eigenvalue weighted by atomic mass is 32.1. The van der Waals surface area contributed by atoms with Crippen LogP contribution in [0.5, 0.6) is 23.1 Å². The van der Waals surface area contributed by atoms with Crippen molar-refractivity contribution in [1.29, 1.82) is 0 Å². The zero-order chi connectivity index (χ0) is 44.9. The Kier molecular flexibility index (Phi) is 16.4. The van der Waals surface area contributed by atoms with Gasteiger partial charge in [-0.1, -0.05) is 91.9 Å². The van der Waals surface area contributed by atoms with Gasteiger partial charge in [-0.3, -0.25) is 10.0 Å². The summed E-state index contributed by atoms with van der Waals surface area (Å²) in [4.78, 5) is 44.9. The third kappa shape index (κ3) is 12.7. The fraction of sp³-hybridized carbons (Fsp3) is 0.404. The molecule has 2 aromatic heterocycles. The Labute approximate surface area is 376 Å². The monoisotopic (exact) mass is 898 g/mol. The molecule has 2 N–H and O–H groups in total. The number of hydroxylamine groups is 6. The first kappa shape index (κ1) is 46.6. The van der Waals surface area contributed by atoms with Crippen LogP contribution in [0, 0.1) is 17.7 Å². The normalized spacial score (nSPS) is 16.7. The van der Waals surface area contributed by atoms with Crippen molar-refractivity contribution in [1.82, 2.24) is 25.8 Å². The molecule has 3 unspecified atom stereocenters. The molecule has 3 atom stereocenters. The largest absolute Gasteiger partial charge is 0.487 e. The molecule has 2 amide bonds. The van der Waals surface area contributed by atoms with Crippen molar-refractivity contribution in [3.05, 3.63) is 130 Å². The Hall–Kier alpha value is -5.37. The van der Waals surface area contributed by atoms with Crippen LogP contribution < -0.4 is 19.7 Å². The van der Waals surface area contributed by atoms with Gasteiger partial charge >= 0.3 is 5.91 Å². The highest BCUT2D eigenvalue weighted by molar-refractivity contribution is 7.07. The SMILES string of the molecule is CC(=O)N(O)ON(C(c1ccc(OCc2cccc(Oc3ccc(F)cc3)n2)cc1)C1CCCCC1)[N+](O)(O[N]C(CC1CCCCC1)c1ccc(OCc2cscn2)cc1)C(C)=O. The summed E-state index contributed by atoms with van der Waals surface area (Å²) in [6.07, 6.45) is 10.1. The Morgan fingerprint density at radius 3 is 2.03 bits per heavy atom. The van der Waals surface area contributed by atoms with Crippen LogP contribution in [-0.2, 0) is 32.7 Å². The van der Waals surface area contributed by atoms with Crippen molar-refractivity contribution in [2.24, 2.45) is 11.8 Å². The van der Waals surface area contributed by atoms with Gasteiger partial charge in [0.05, 0.1) is 35.0 Å². The van der Waals surface area contributed by atoms with Crippen LogP contribution in [0.4, 0.5) is 4.39 Å². The molecule has 2 aliphatic rings. The Morgan fingerprint density at radius 2 is 1.42 bits per heavy atom. The van der Waals surface area contributed by atoms with Crippen molar-refractivity contribution < 1.29 is 53.4 Å². The van der Waals surface area contributed by atoms with Crippen LogP contribution in [0.2, 0.25) is 0 Å². The number of hydrogen-bond acceptors (Lipinski definition) is 13. The average molecular weight is 899 g/mol. The van der Waals surface area contributed by atoms with Crippen LogP contribution in [-0.4, -0.2) is 47.5 Å². The predicted molar refractivity (Wildman–Crippen MR) is 231 cm³/mol. The molecule has 339 valence electrons. The lowest BCUT2D eigenvalue weighted by molar-refractivity contribution is -1.30. The van der Waals surface area contributed by atoms with E-state index in [1.807, 2.05) is 29.6 Å². The summed E-state index contributed by atoms with van der Waals surface area (Å²) in [6.45, 7) is 2.62.